The fourth-order valence-electron chi connectivity index (χ4n) is 2.29. The summed E-state index contributed by atoms with van der Waals surface area (Å²) >= 11 is 0. The van der Waals surface area contributed by atoms with E-state index in [0.717, 1.165) is 0 Å². The summed E-state index contributed by atoms with van der Waals surface area (Å²) in [6.45, 7) is 6.82. The van der Waals surface area contributed by atoms with Crippen molar-refractivity contribution in [2.24, 2.45) is 11.8 Å². The fraction of sp³-hybridized carbons (Fsp3) is 0.750. The average molecular weight is 225 g/mol. The van der Waals surface area contributed by atoms with Crippen LogP contribution in [0.25, 0.3) is 0 Å². The minimum atomic E-state index is -0.455. The van der Waals surface area contributed by atoms with Crippen molar-refractivity contribution in [2.75, 3.05) is 13.1 Å². The molecule has 0 aromatic carbocycles. The summed E-state index contributed by atoms with van der Waals surface area (Å²) in [5.41, 5.74) is -0.455. The Morgan fingerprint density at radius 2 is 2.06 bits per heavy atom. The van der Waals surface area contributed by atoms with Gasteiger partial charge in [0.2, 0.25) is 0 Å². The molecule has 0 saturated carbocycles. The van der Waals surface area contributed by atoms with Crippen molar-refractivity contribution in [1.29, 1.82) is 0 Å². The molecule has 0 radical (unpaired) electrons. The standard InChI is InChI=1S/C12H19NO3/c1-12(2,3)16-11(15)13-6-8-4-5-10(14)9(8)7-13/h4-5,8-10,14H,6-7H2,1-3H3/t8-,9-,10+/m0/s1. The minimum absolute atomic E-state index is 0.160. The second-order valence-electron chi connectivity index (χ2n) is 5.59. The molecule has 1 heterocycles. The van der Waals surface area contributed by atoms with Crippen LogP contribution in [0.3, 0.4) is 0 Å². The Bertz CT molecular complexity index is 319. The third-order valence-corrected chi connectivity index (χ3v) is 3.06. The lowest BCUT2D eigenvalue weighted by Crippen LogP contribution is -2.36. The largest absolute Gasteiger partial charge is 0.444 e. The van der Waals surface area contributed by atoms with E-state index in [2.05, 4.69) is 0 Å². The van der Waals surface area contributed by atoms with Crippen LogP contribution >= 0.6 is 0 Å². The quantitative estimate of drug-likeness (QED) is 0.634. The number of amides is 1. The number of carbonyl (C=O) groups excluding carboxylic acids is 1. The van der Waals surface area contributed by atoms with Gasteiger partial charge in [-0.3, -0.25) is 0 Å². The van der Waals surface area contributed by atoms with E-state index in [-0.39, 0.29) is 12.0 Å². The topological polar surface area (TPSA) is 49.8 Å². The van der Waals surface area contributed by atoms with Gasteiger partial charge in [-0.05, 0) is 20.8 Å². The Morgan fingerprint density at radius 1 is 1.38 bits per heavy atom. The maximum atomic E-state index is 11.8. The number of ether oxygens (including phenoxy) is 1. The molecule has 1 amide bonds. The Hall–Kier alpha value is -1.03. The van der Waals surface area contributed by atoms with E-state index >= 15 is 0 Å². The highest BCUT2D eigenvalue weighted by molar-refractivity contribution is 5.68. The van der Waals surface area contributed by atoms with E-state index in [1.165, 1.54) is 0 Å². The molecule has 0 aromatic rings. The van der Waals surface area contributed by atoms with Crippen molar-refractivity contribution in [2.45, 2.75) is 32.5 Å². The van der Waals surface area contributed by atoms with Crippen LogP contribution in [0.5, 0.6) is 0 Å². The highest BCUT2D eigenvalue weighted by Gasteiger charge is 2.41. The molecule has 16 heavy (non-hydrogen) atoms. The van der Waals surface area contributed by atoms with Crippen molar-refractivity contribution in [3.63, 3.8) is 0 Å². The van der Waals surface area contributed by atoms with E-state index in [4.69, 9.17) is 4.74 Å². The molecular formula is C12H19NO3. The van der Waals surface area contributed by atoms with E-state index in [1.807, 2.05) is 32.9 Å². The second-order valence-corrected chi connectivity index (χ2v) is 5.59. The van der Waals surface area contributed by atoms with Crippen LogP contribution in [0.1, 0.15) is 20.8 Å². The van der Waals surface area contributed by atoms with Crippen LogP contribution in [-0.4, -0.2) is 40.9 Å². The number of aliphatic hydroxyl groups excluding tert-OH is 1. The molecular weight excluding hydrogens is 206 g/mol. The van der Waals surface area contributed by atoms with Crippen molar-refractivity contribution >= 4 is 6.09 Å². The molecule has 1 saturated heterocycles. The Labute approximate surface area is 95.9 Å². The summed E-state index contributed by atoms with van der Waals surface area (Å²) in [7, 11) is 0. The number of hydrogen-bond acceptors (Lipinski definition) is 3. The first-order valence-corrected chi connectivity index (χ1v) is 5.71. The summed E-state index contributed by atoms with van der Waals surface area (Å²) in [4.78, 5) is 13.5. The van der Waals surface area contributed by atoms with Crippen LogP contribution in [0, 0.1) is 11.8 Å². The summed E-state index contributed by atoms with van der Waals surface area (Å²) in [5.74, 6) is 0.454. The van der Waals surface area contributed by atoms with E-state index in [0.29, 0.717) is 19.0 Å². The van der Waals surface area contributed by atoms with Crippen LogP contribution in [0.15, 0.2) is 12.2 Å². The normalized spacial score (nSPS) is 33.0. The third-order valence-electron chi connectivity index (χ3n) is 3.06. The molecule has 3 atom stereocenters. The molecule has 1 aliphatic carbocycles. The van der Waals surface area contributed by atoms with Gasteiger partial charge in [0.1, 0.15) is 5.60 Å². The highest BCUT2D eigenvalue weighted by atomic mass is 16.6. The number of fused-ring (bicyclic) bond motifs is 1. The SMILES string of the molecule is CC(C)(C)OC(=O)N1C[C@@H]2[C@H](O)C=C[C@H]2C1. The molecule has 4 nitrogen and oxygen atoms in total. The number of aliphatic hydroxyl groups is 1. The molecule has 90 valence electrons. The molecule has 0 bridgehead atoms. The Morgan fingerprint density at radius 3 is 2.62 bits per heavy atom. The van der Waals surface area contributed by atoms with Gasteiger partial charge >= 0.3 is 6.09 Å². The van der Waals surface area contributed by atoms with Crippen LogP contribution in [0.2, 0.25) is 0 Å². The Balaban J connectivity index is 1.94. The summed E-state index contributed by atoms with van der Waals surface area (Å²) in [5, 5.41) is 9.67. The van der Waals surface area contributed by atoms with Crippen molar-refractivity contribution in [3.05, 3.63) is 12.2 Å². The fourth-order valence-corrected chi connectivity index (χ4v) is 2.29. The number of carbonyl (C=O) groups is 1. The van der Waals surface area contributed by atoms with Gasteiger partial charge in [-0.25, -0.2) is 4.79 Å². The van der Waals surface area contributed by atoms with Crippen LogP contribution < -0.4 is 0 Å². The van der Waals surface area contributed by atoms with E-state index < -0.39 is 11.7 Å². The first-order valence-electron chi connectivity index (χ1n) is 5.71. The summed E-state index contributed by atoms with van der Waals surface area (Å²) < 4.78 is 5.30. The molecule has 1 N–H and O–H groups in total. The molecule has 1 aliphatic heterocycles. The predicted molar refractivity (Wildman–Crippen MR) is 59.9 cm³/mol. The predicted octanol–water partition coefficient (Wildman–Crippen LogP) is 1.40. The van der Waals surface area contributed by atoms with Gasteiger partial charge in [0, 0.05) is 24.9 Å². The highest BCUT2D eigenvalue weighted by Crippen LogP contribution is 2.33. The maximum Gasteiger partial charge on any atom is 0.410 e. The van der Waals surface area contributed by atoms with E-state index in [1.54, 1.807) is 4.90 Å². The van der Waals surface area contributed by atoms with Gasteiger partial charge in [0.25, 0.3) is 0 Å². The summed E-state index contributed by atoms with van der Waals surface area (Å²) in [6, 6.07) is 0. The third kappa shape index (κ3) is 2.21. The zero-order valence-electron chi connectivity index (χ0n) is 10.0. The lowest BCUT2D eigenvalue weighted by molar-refractivity contribution is 0.0275. The van der Waals surface area contributed by atoms with Gasteiger partial charge in [-0.1, -0.05) is 12.2 Å². The smallest absolute Gasteiger partial charge is 0.410 e. The van der Waals surface area contributed by atoms with Crippen molar-refractivity contribution < 1.29 is 14.6 Å². The number of nitrogens with zero attached hydrogens (tertiary/aromatic N) is 1. The molecule has 1 fully saturated rings. The van der Waals surface area contributed by atoms with Crippen molar-refractivity contribution in [3.8, 4) is 0 Å². The average Bonchev–Trinajstić information content (AvgIpc) is 2.65. The number of rotatable bonds is 0. The number of hydrogen-bond donors (Lipinski definition) is 1. The lowest BCUT2D eigenvalue weighted by atomic mass is 9.98. The van der Waals surface area contributed by atoms with Crippen LogP contribution in [-0.2, 0) is 4.74 Å². The van der Waals surface area contributed by atoms with Gasteiger partial charge in [-0.2, -0.15) is 0 Å². The second kappa shape index (κ2) is 3.77. The molecule has 2 rings (SSSR count). The molecule has 0 unspecified atom stereocenters. The molecule has 0 aromatic heterocycles. The first-order chi connectivity index (χ1) is 7.37. The first kappa shape index (κ1) is 11.5. The molecule has 0 spiro atoms. The number of likely N-dealkylation sites (tertiary alicyclic amines) is 1. The van der Waals surface area contributed by atoms with E-state index in [9.17, 15) is 9.90 Å². The monoisotopic (exact) mass is 225 g/mol. The maximum absolute atomic E-state index is 11.8. The van der Waals surface area contributed by atoms with Gasteiger partial charge in [0.05, 0.1) is 6.10 Å². The molecule has 2 aliphatic rings. The zero-order valence-corrected chi connectivity index (χ0v) is 10.0. The van der Waals surface area contributed by atoms with Crippen molar-refractivity contribution in [1.82, 2.24) is 4.90 Å². The van der Waals surface area contributed by atoms with Gasteiger partial charge in [0.15, 0.2) is 0 Å². The lowest BCUT2D eigenvalue weighted by Gasteiger charge is -2.24. The summed E-state index contributed by atoms with van der Waals surface area (Å²) in [6.07, 6.45) is 3.14. The van der Waals surface area contributed by atoms with Crippen LogP contribution in [0.4, 0.5) is 4.79 Å². The Kier molecular flexibility index (Phi) is 2.70. The van der Waals surface area contributed by atoms with Gasteiger partial charge in [-0.15, -0.1) is 0 Å². The molecule has 4 heteroatoms. The zero-order chi connectivity index (χ0) is 11.9. The van der Waals surface area contributed by atoms with Gasteiger partial charge < -0.3 is 14.7 Å². The minimum Gasteiger partial charge on any atom is -0.444 e.